The molecule has 1 heterocycles. The minimum absolute atomic E-state index is 0.0441. The molecule has 0 saturated carbocycles. The minimum atomic E-state index is -1.10. The first kappa shape index (κ1) is 18.4. The highest BCUT2D eigenvalue weighted by molar-refractivity contribution is 5.83. The lowest BCUT2D eigenvalue weighted by Gasteiger charge is -2.20. The lowest BCUT2D eigenvalue weighted by Crippen LogP contribution is -2.45. The highest BCUT2D eigenvalue weighted by Gasteiger charge is 2.25. The van der Waals surface area contributed by atoms with Crippen LogP contribution in [0.15, 0.2) is 33.9 Å². The van der Waals surface area contributed by atoms with E-state index in [4.69, 9.17) is 0 Å². The van der Waals surface area contributed by atoms with Crippen LogP contribution in [0.25, 0.3) is 10.8 Å². The minimum Gasteiger partial charge on any atom is -0.480 e. The zero-order valence-electron chi connectivity index (χ0n) is 14.1. The number of H-pyrrole nitrogens is 1. The summed E-state index contributed by atoms with van der Waals surface area (Å²) in [5.41, 5.74) is -0.821. The molecule has 0 spiro atoms. The fourth-order valence-corrected chi connectivity index (χ4v) is 2.55. The average molecular weight is 347 g/mol. The van der Waals surface area contributed by atoms with Gasteiger partial charge in [0.1, 0.15) is 6.04 Å². The Morgan fingerprint density at radius 3 is 2.48 bits per heavy atom. The van der Waals surface area contributed by atoms with Crippen molar-refractivity contribution in [1.29, 1.82) is 0 Å². The molecule has 1 amide bonds. The fraction of sp³-hybridized carbons (Fsp3) is 0.412. The maximum Gasteiger partial charge on any atom is 0.326 e. The van der Waals surface area contributed by atoms with Crippen molar-refractivity contribution >= 4 is 22.6 Å². The first-order valence-electron chi connectivity index (χ1n) is 8.09. The van der Waals surface area contributed by atoms with Crippen molar-refractivity contribution in [2.24, 2.45) is 5.92 Å². The normalized spacial score (nSPS) is 13.4. The molecule has 0 radical (unpaired) electrons. The van der Waals surface area contributed by atoms with Crippen LogP contribution in [0.3, 0.4) is 0 Å². The molecule has 0 fully saturated rings. The highest BCUT2D eigenvalue weighted by Crippen LogP contribution is 2.08. The maximum absolute atomic E-state index is 12.3. The van der Waals surface area contributed by atoms with E-state index < -0.39 is 29.0 Å². The van der Waals surface area contributed by atoms with Crippen LogP contribution in [0, 0.1) is 5.92 Å². The number of benzene rings is 1. The Morgan fingerprint density at radius 2 is 1.88 bits per heavy atom. The molecule has 2 atom stereocenters. The number of amides is 1. The van der Waals surface area contributed by atoms with Crippen molar-refractivity contribution in [3.63, 3.8) is 0 Å². The van der Waals surface area contributed by atoms with E-state index in [0.717, 1.165) is 4.68 Å². The Kier molecular flexibility index (Phi) is 5.74. The van der Waals surface area contributed by atoms with Crippen LogP contribution >= 0.6 is 0 Å². The van der Waals surface area contributed by atoms with Gasteiger partial charge in [0.15, 0.2) is 0 Å². The monoisotopic (exact) mass is 347 g/mol. The standard InChI is InChI=1S/C17H21N3O5/c1-3-10(2)14(17(24)25)18-13(21)8-9-20-16(23)12-7-5-4-6-11(12)15(22)19-20/h4-7,10,14H,3,8-9H2,1-2H3,(H,18,21)(H,19,22)(H,24,25). The number of fused-ring (bicyclic) bond motifs is 1. The van der Waals surface area contributed by atoms with Crippen LogP contribution < -0.4 is 16.4 Å². The molecule has 0 bridgehead atoms. The number of carboxylic acids is 1. The van der Waals surface area contributed by atoms with Gasteiger partial charge in [-0.05, 0) is 18.1 Å². The Labute approximate surface area is 143 Å². The number of rotatable bonds is 7. The van der Waals surface area contributed by atoms with Gasteiger partial charge in [-0.25, -0.2) is 9.48 Å². The van der Waals surface area contributed by atoms with E-state index in [-0.39, 0.29) is 29.7 Å². The van der Waals surface area contributed by atoms with Gasteiger partial charge in [0.05, 0.1) is 17.3 Å². The molecule has 8 heteroatoms. The van der Waals surface area contributed by atoms with Crippen molar-refractivity contribution in [2.75, 3.05) is 0 Å². The van der Waals surface area contributed by atoms with Crippen LogP contribution in [0.5, 0.6) is 0 Å². The molecule has 25 heavy (non-hydrogen) atoms. The Hall–Kier alpha value is -2.90. The zero-order valence-corrected chi connectivity index (χ0v) is 14.1. The smallest absolute Gasteiger partial charge is 0.326 e. The zero-order chi connectivity index (χ0) is 18.6. The molecule has 134 valence electrons. The topological polar surface area (TPSA) is 121 Å². The third-order valence-corrected chi connectivity index (χ3v) is 4.24. The number of hydrogen-bond acceptors (Lipinski definition) is 4. The molecule has 2 unspecified atom stereocenters. The van der Waals surface area contributed by atoms with E-state index in [1.165, 1.54) is 0 Å². The van der Waals surface area contributed by atoms with Crippen molar-refractivity contribution in [3.05, 3.63) is 45.0 Å². The summed E-state index contributed by atoms with van der Waals surface area (Å²) in [7, 11) is 0. The number of nitrogens with one attached hydrogen (secondary N) is 2. The van der Waals surface area contributed by atoms with Crippen LogP contribution in [0.1, 0.15) is 26.7 Å². The number of carbonyl (C=O) groups is 2. The van der Waals surface area contributed by atoms with E-state index >= 15 is 0 Å². The molecule has 8 nitrogen and oxygen atoms in total. The third kappa shape index (κ3) is 4.14. The summed E-state index contributed by atoms with van der Waals surface area (Å²) in [4.78, 5) is 47.6. The second kappa shape index (κ2) is 7.78. The van der Waals surface area contributed by atoms with Crippen LogP contribution in [-0.2, 0) is 16.1 Å². The molecule has 0 aliphatic carbocycles. The first-order chi connectivity index (χ1) is 11.8. The van der Waals surface area contributed by atoms with Crippen LogP contribution in [0.4, 0.5) is 0 Å². The number of nitrogens with zero attached hydrogens (tertiary/aromatic N) is 1. The van der Waals surface area contributed by atoms with Gasteiger partial charge in [0.25, 0.3) is 11.1 Å². The predicted octanol–water partition coefficient (Wildman–Crippen LogP) is 0.695. The summed E-state index contributed by atoms with van der Waals surface area (Å²) in [6.45, 7) is 3.54. The first-order valence-corrected chi connectivity index (χ1v) is 8.09. The van der Waals surface area contributed by atoms with Gasteiger partial charge in [0.2, 0.25) is 5.91 Å². The van der Waals surface area contributed by atoms with Gasteiger partial charge < -0.3 is 10.4 Å². The number of carboxylic acid groups (broad SMARTS) is 1. The largest absolute Gasteiger partial charge is 0.480 e. The third-order valence-electron chi connectivity index (χ3n) is 4.24. The molecule has 1 aromatic carbocycles. The average Bonchev–Trinajstić information content (AvgIpc) is 2.60. The number of aryl methyl sites for hydroxylation is 1. The Balaban J connectivity index is 2.13. The molecule has 2 aromatic rings. The summed E-state index contributed by atoms with van der Waals surface area (Å²) >= 11 is 0. The fourth-order valence-electron chi connectivity index (χ4n) is 2.55. The lowest BCUT2D eigenvalue weighted by atomic mass is 9.99. The lowest BCUT2D eigenvalue weighted by molar-refractivity contribution is -0.143. The number of aromatic amines is 1. The Bertz CT molecular complexity index is 899. The Morgan fingerprint density at radius 1 is 1.24 bits per heavy atom. The van der Waals surface area contributed by atoms with Crippen molar-refractivity contribution in [3.8, 4) is 0 Å². The predicted molar refractivity (Wildman–Crippen MR) is 92.5 cm³/mol. The molecule has 3 N–H and O–H groups in total. The van der Waals surface area contributed by atoms with E-state index in [1.807, 2.05) is 6.92 Å². The van der Waals surface area contributed by atoms with Gasteiger partial charge in [-0.3, -0.25) is 19.5 Å². The summed E-state index contributed by atoms with van der Waals surface area (Å²) < 4.78 is 1.07. The summed E-state index contributed by atoms with van der Waals surface area (Å²) in [6, 6.07) is 5.44. The molecule has 0 aliphatic heterocycles. The summed E-state index contributed by atoms with van der Waals surface area (Å²) in [5.74, 6) is -1.81. The van der Waals surface area contributed by atoms with E-state index in [9.17, 15) is 24.3 Å². The molecule has 1 aromatic heterocycles. The van der Waals surface area contributed by atoms with Gasteiger partial charge >= 0.3 is 5.97 Å². The molecule has 0 saturated heterocycles. The molecular weight excluding hydrogens is 326 g/mol. The second-order valence-corrected chi connectivity index (χ2v) is 5.96. The van der Waals surface area contributed by atoms with Crippen LogP contribution in [0.2, 0.25) is 0 Å². The van der Waals surface area contributed by atoms with Gasteiger partial charge in [-0.2, -0.15) is 0 Å². The number of aliphatic carboxylic acids is 1. The molecule has 2 rings (SSSR count). The van der Waals surface area contributed by atoms with Gasteiger partial charge in [-0.1, -0.05) is 32.4 Å². The summed E-state index contributed by atoms with van der Waals surface area (Å²) in [5, 5.41) is 14.7. The van der Waals surface area contributed by atoms with Gasteiger partial charge in [-0.15, -0.1) is 0 Å². The van der Waals surface area contributed by atoms with Crippen LogP contribution in [-0.4, -0.2) is 32.8 Å². The summed E-state index contributed by atoms with van der Waals surface area (Å²) in [6.07, 6.45) is 0.489. The van der Waals surface area contributed by atoms with E-state index in [2.05, 4.69) is 10.4 Å². The quantitative estimate of drug-likeness (QED) is 0.680. The maximum atomic E-state index is 12.3. The molecular formula is C17H21N3O5. The highest BCUT2D eigenvalue weighted by atomic mass is 16.4. The van der Waals surface area contributed by atoms with Crippen molar-refractivity contribution < 1.29 is 14.7 Å². The van der Waals surface area contributed by atoms with Gasteiger partial charge in [0, 0.05) is 6.42 Å². The number of hydrogen-bond donors (Lipinski definition) is 3. The second-order valence-electron chi connectivity index (χ2n) is 5.96. The van der Waals surface area contributed by atoms with Crippen molar-refractivity contribution in [2.45, 2.75) is 39.3 Å². The number of carbonyl (C=O) groups excluding carboxylic acids is 1. The van der Waals surface area contributed by atoms with Crippen molar-refractivity contribution in [1.82, 2.24) is 15.1 Å². The van der Waals surface area contributed by atoms with E-state index in [0.29, 0.717) is 6.42 Å². The number of aromatic nitrogens is 2. The molecule has 0 aliphatic rings. The SMILES string of the molecule is CCC(C)C(NC(=O)CCn1[nH]c(=O)c2ccccc2c1=O)C(=O)O. The van der Waals surface area contributed by atoms with E-state index in [1.54, 1.807) is 31.2 Å².